The highest BCUT2D eigenvalue weighted by Gasteiger charge is 2.30. The molecular weight excluding hydrogens is 342 g/mol. The van der Waals surface area contributed by atoms with Crippen LogP contribution in [0.5, 0.6) is 5.75 Å². The Bertz CT molecular complexity index is 655. The van der Waals surface area contributed by atoms with Crippen molar-refractivity contribution in [3.8, 4) is 5.75 Å². The van der Waals surface area contributed by atoms with Crippen molar-refractivity contribution in [1.29, 1.82) is 0 Å². The van der Waals surface area contributed by atoms with E-state index in [0.717, 1.165) is 0 Å². The molecule has 1 N–H and O–H groups in total. The summed E-state index contributed by atoms with van der Waals surface area (Å²) in [7, 11) is 0. The number of rotatable bonds is 4. The van der Waals surface area contributed by atoms with E-state index in [2.05, 4.69) is 20.2 Å². The zero-order chi connectivity index (χ0) is 16.2. The number of hydrazone groups is 1. The molecule has 9 heteroatoms. The second kappa shape index (κ2) is 6.85. The Morgan fingerprint density at radius 1 is 1.09 bits per heavy atom. The topological polar surface area (TPSA) is 46.5 Å². The third-order valence-electron chi connectivity index (χ3n) is 2.36. The minimum absolute atomic E-state index is 0.290. The summed E-state index contributed by atoms with van der Waals surface area (Å²) in [5, 5.41) is 4.48. The van der Waals surface area contributed by atoms with Gasteiger partial charge in [0.05, 0.1) is 21.9 Å². The molecule has 0 aliphatic rings. The average molecular weight is 350 g/mol. The van der Waals surface area contributed by atoms with Gasteiger partial charge in [0.2, 0.25) is 0 Å². The quantitative estimate of drug-likeness (QED) is 0.640. The van der Waals surface area contributed by atoms with Gasteiger partial charge in [0.1, 0.15) is 5.75 Å². The first-order valence-corrected chi connectivity index (χ1v) is 6.54. The zero-order valence-electron chi connectivity index (χ0n) is 10.7. The smallest absolute Gasteiger partial charge is 0.406 e. The Balaban J connectivity index is 2.02. The molecule has 1 aromatic heterocycles. The molecule has 0 unspecified atom stereocenters. The van der Waals surface area contributed by atoms with Crippen molar-refractivity contribution in [2.24, 2.45) is 5.10 Å². The third kappa shape index (κ3) is 4.78. The Kier molecular flexibility index (Phi) is 5.10. The number of hydrogen-bond donors (Lipinski definition) is 1. The minimum atomic E-state index is -4.72. The van der Waals surface area contributed by atoms with Crippen LogP contribution in [0.2, 0.25) is 10.0 Å². The lowest BCUT2D eigenvalue weighted by Crippen LogP contribution is -2.17. The van der Waals surface area contributed by atoms with E-state index in [0.29, 0.717) is 21.3 Å². The van der Waals surface area contributed by atoms with Crippen molar-refractivity contribution in [2.45, 2.75) is 6.36 Å². The van der Waals surface area contributed by atoms with Gasteiger partial charge in [-0.15, -0.1) is 13.2 Å². The maximum atomic E-state index is 12.0. The standard InChI is InChI=1S/C13H8Cl2F3N3O/c14-10-6-19-7-11(15)12(10)21-20-5-8-1-3-9(4-2-8)22-13(16,17)18/h1-7H,(H,19,21)/b20-5+. The molecule has 4 nitrogen and oxygen atoms in total. The first-order chi connectivity index (χ1) is 10.3. The van der Waals surface area contributed by atoms with E-state index >= 15 is 0 Å². The Hall–Kier alpha value is -1.99. The minimum Gasteiger partial charge on any atom is -0.406 e. The number of aromatic nitrogens is 1. The molecule has 116 valence electrons. The van der Waals surface area contributed by atoms with Gasteiger partial charge in [0.25, 0.3) is 0 Å². The predicted molar refractivity (Wildman–Crippen MR) is 78.6 cm³/mol. The van der Waals surface area contributed by atoms with Crippen LogP contribution in [0.3, 0.4) is 0 Å². The Morgan fingerprint density at radius 3 is 2.23 bits per heavy atom. The summed E-state index contributed by atoms with van der Waals surface area (Å²) in [5.41, 5.74) is 3.58. The van der Waals surface area contributed by atoms with Gasteiger partial charge in [-0.2, -0.15) is 5.10 Å². The molecule has 0 amide bonds. The normalized spacial score (nSPS) is 11.7. The van der Waals surface area contributed by atoms with Crippen molar-refractivity contribution in [3.63, 3.8) is 0 Å². The summed E-state index contributed by atoms with van der Waals surface area (Å²) in [6.45, 7) is 0. The van der Waals surface area contributed by atoms with Crippen LogP contribution in [0.25, 0.3) is 0 Å². The van der Waals surface area contributed by atoms with Gasteiger partial charge < -0.3 is 4.74 Å². The monoisotopic (exact) mass is 349 g/mol. The lowest BCUT2D eigenvalue weighted by molar-refractivity contribution is -0.274. The number of benzene rings is 1. The van der Waals surface area contributed by atoms with Crippen molar-refractivity contribution in [2.75, 3.05) is 5.43 Å². The molecule has 0 saturated carbocycles. The SMILES string of the molecule is FC(F)(F)Oc1ccc(/C=N/Nc2c(Cl)cncc2Cl)cc1. The van der Waals surface area contributed by atoms with Crippen molar-refractivity contribution in [3.05, 3.63) is 52.3 Å². The van der Waals surface area contributed by atoms with Gasteiger partial charge in [0.15, 0.2) is 0 Å². The van der Waals surface area contributed by atoms with E-state index in [1.165, 1.54) is 42.9 Å². The second-order valence-corrected chi connectivity index (χ2v) is 4.78. The molecule has 0 aliphatic heterocycles. The van der Waals surface area contributed by atoms with Gasteiger partial charge >= 0.3 is 6.36 Å². The second-order valence-electron chi connectivity index (χ2n) is 3.96. The number of anilines is 1. The number of alkyl halides is 3. The number of nitrogens with zero attached hydrogens (tertiary/aromatic N) is 2. The lowest BCUT2D eigenvalue weighted by atomic mass is 10.2. The summed E-state index contributed by atoms with van der Waals surface area (Å²) in [6, 6.07) is 5.20. The van der Waals surface area contributed by atoms with E-state index < -0.39 is 6.36 Å². The molecule has 22 heavy (non-hydrogen) atoms. The number of pyridine rings is 1. The lowest BCUT2D eigenvalue weighted by Gasteiger charge is -2.08. The number of ether oxygens (including phenoxy) is 1. The molecule has 0 saturated heterocycles. The number of halogens is 5. The van der Waals surface area contributed by atoms with Crippen LogP contribution in [0, 0.1) is 0 Å². The van der Waals surface area contributed by atoms with Crippen LogP contribution in [-0.2, 0) is 0 Å². The maximum absolute atomic E-state index is 12.0. The summed E-state index contributed by atoms with van der Waals surface area (Å²) in [4.78, 5) is 3.79. The molecule has 2 rings (SSSR count). The first-order valence-electron chi connectivity index (χ1n) is 5.79. The summed E-state index contributed by atoms with van der Waals surface area (Å²) in [5.74, 6) is -0.308. The summed E-state index contributed by atoms with van der Waals surface area (Å²) < 4.78 is 39.8. The summed E-state index contributed by atoms with van der Waals surface area (Å²) in [6.07, 6.45) is -0.528. The average Bonchev–Trinajstić information content (AvgIpc) is 2.42. The van der Waals surface area contributed by atoms with E-state index in [1.54, 1.807) is 0 Å². The first kappa shape index (κ1) is 16.4. The zero-order valence-corrected chi connectivity index (χ0v) is 12.2. The third-order valence-corrected chi connectivity index (χ3v) is 2.93. The van der Waals surface area contributed by atoms with E-state index in [1.807, 2.05) is 0 Å². The molecule has 0 bridgehead atoms. The molecule has 1 aromatic carbocycles. The van der Waals surface area contributed by atoms with E-state index in [9.17, 15) is 13.2 Å². The molecule has 1 heterocycles. The molecule has 0 spiro atoms. The highest BCUT2D eigenvalue weighted by atomic mass is 35.5. The van der Waals surface area contributed by atoms with Crippen LogP contribution >= 0.6 is 23.2 Å². The largest absolute Gasteiger partial charge is 0.573 e. The van der Waals surface area contributed by atoms with E-state index in [-0.39, 0.29) is 5.75 Å². The number of nitrogens with one attached hydrogen (secondary N) is 1. The fourth-order valence-corrected chi connectivity index (χ4v) is 1.89. The molecule has 0 aliphatic carbocycles. The molecule has 2 aromatic rings. The fourth-order valence-electron chi connectivity index (χ4n) is 1.45. The van der Waals surface area contributed by atoms with Crippen molar-refractivity contribution in [1.82, 2.24) is 4.98 Å². The maximum Gasteiger partial charge on any atom is 0.573 e. The van der Waals surface area contributed by atoms with Crippen molar-refractivity contribution >= 4 is 35.1 Å². The van der Waals surface area contributed by atoms with Gasteiger partial charge in [-0.25, -0.2) is 0 Å². The van der Waals surface area contributed by atoms with Crippen LogP contribution in [0.15, 0.2) is 41.8 Å². The van der Waals surface area contributed by atoms with Gasteiger partial charge in [0, 0.05) is 12.4 Å². The van der Waals surface area contributed by atoms with Gasteiger partial charge in [-0.1, -0.05) is 23.2 Å². The molecular formula is C13H8Cl2F3N3O. The molecule has 0 fully saturated rings. The van der Waals surface area contributed by atoms with Crippen LogP contribution in [-0.4, -0.2) is 17.6 Å². The number of hydrogen-bond acceptors (Lipinski definition) is 4. The predicted octanol–water partition coefficient (Wildman–Crippen LogP) is 4.73. The molecule has 0 radical (unpaired) electrons. The fraction of sp³-hybridized carbons (Fsp3) is 0.0769. The summed E-state index contributed by atoms with van der Waals surface area (Å²) >= 11 is 11.8. The van der Waals surface area contributed by atoms with E-state index in [4.69, 9.17) is 23.2 Å². The Labute approximate surface area is 133 Å². The van der Waals surface area contributed by atoms with Gasteiger partial charge in [-0.05, 0) is 29.8 Å². The Morgan fingerprint density at radius 2 is 1.68 bits per heavy atom. The highest BCUT2D eigenvalue weighted by molar-refractivity contribution is 6.38. The van der Waals surface area contributed by atoms with Crippen LogP contribution in [0.4, 0.5) is 18.9 Å². The van der Waals surface area contributed by atoms with Crippen LogP contribution in [0.1, 0.15) is 5.56 Å². The van der Waals surface area contributed by atoms with Gasteiger partial charge in [-0.3, -0.25) is 10.4 Å². The molecule has 0 atom stereocenters. The highest BCUT2D eigenvalue weighted by Crippen LogP contribution is 2.28. The van der Waals surface area contributed by atoms with Crippen LogP contribution < -0.4 is 10.2 Å². The van der Waals surface area contributed by atoms with Crippen molar-refractivity contribution < 1.29 is 17.9 Å².